The van der Waals surface area contributed by atoms with Crippen molar-refractivity contribution in [3.05, 3.63) is 35.4 Å². The summed E-state index contributed by atoms with van der Waals surface area (Å²) in [5.41, 5.74) is 2.33. The minimum atomic E-state index is -3.27. The second-order valence-corrected chi connectivity index (χ2v) is 8.41. The normalized spacial score (nSPS) is 15.3. The number of benzene rings is 1. The van der Waals surface area contributed by atoms with Gasteiger partial charge in [0.05, 0.1) is 5.75 Å². The number of carbonyl (C=O) groups is 1. The first-order chi connectivity index (χ1) is 11.5. The van der Waals surface area contributed by atoms with Crippen LogP contribution in [0.2, 0.25) is 0 Å². The number of rotatable bonds is 8. The van der Waals surface area contributed by atoms with Crippen molar-refractivity contribution in [2.24, 2.45) is 5.92 Å². The molecule has 0 saturated carbocycles. The lowest BCUT2D eigenvalue weighted by atomic mass is 10.0. The maximum absolute atomic E-state index is 12.5. The predicted octanol–water partition coefficient (Wildman–Crippen LogP) is 2.32. The van der Waals surface area contributed by atoms with Gasteiger partial charge in [-0.25, -0.2) is 8.42 Å². The van der Waals surface area contributed by atoms with Gasteiger partial charge in [0.25, 0.3) is 0 Å². The van der Waals surface area contributed by atoms with Crippen LogP contribution in [0.1, 0.15) is 44.2 Å². The fourth-order valence-electron chi connectivity index (χ4n) is 3.11. The summed E-state index contributed by atoms with van der Waals surface area (Å²) < 4.78 is 26.6. The first-order valence-corrected chi connectivity index (χ1v) is 10.4. The Kier molecular flexibility index (Phi) is 6.80. The Morgan fingerprint density at radius 2 is 1.88 bits per heavy atom. The summed E-state index contributed by atoms with van der Waals surface area (Å²) in [5, 5.41) is 2.85. The molecule has 0 unspecified atom stereocenters. The second kappa shape index (κ2) is 8.62. The first-order valence-electron chi connectivity index (χ1n) is 8.80. The molecule has 0 fully saturated rings. The van der Waals surface area contributed by atoms with Crippen LogP contribution in [0.15, 0.2) is 24.3 Å². The highest BCUT2D eigenvalue weighted by molar-refractivity contribution is 7.89. The van der Waals surface area contributed by atoms with Crippen molar-refractivity contribution in [1.82, 2.24) is 9.62 Å². The van der Waals surface area contributed by atoms with Gasteiger partial charge < -0.3 is 5.32 Å². The van der Waals surface area contributed by atoms with E-state index in [1.165, 1.54) is 5.56 Å². The van der Waals surface area contributed by atoms with Gasteiger partial charge in [-0.3, -0.25) is 4.79 Å². The fourth-order valence-corrected chi connectivity index (χ4v) is 4.58. The molecule has 2 rings (SSSR count). The number of hydrogen-bond donors (Lipinski definition) is 1. The molecule has 1 heterocycles. The number of nitrogens with zero attached hydrogens (tertiary/aromatic N) is 1. The molecule has 1 aromatic carbocycles. The third-order valence-corrected chi connectivity index (χ3v) is 6.63. The Labute approximate surface area is 145 Å². The van der Waals surface area contributed by atoms with Crippen LogP contribution in [-0.2, 0) is 27.8 Å². The van der Waals surface area contributed by atoms with Crippen LogP contribution in [0, 0.1) is 5.92 Å². The van der Waals surface area contributed by atoms with Crippen LogP contribution in [0.3, 0.4) is 0 Å². The van der Waals surface area contributed by atoms with Crippen LogP contribution in [-0.4, -0.2) is 37.5 Å². The van der Waals surface area contributed by atoms with E-state index in [-0.39, 0.29) is 17.6 Å². The molecule has 1 aliphatic heterocycles. The molecular weight excluding hydrogens is 324 g/mol. The van der Waals surface area contributed by atoms with Gasteiger partial charge in [-0.2, -0.15) is 4.31 Å². The van der Waals surface area contributed by atoms with Crippen LogP contribution < -0.4 is 5.32 Å². The highest BCUT2D eigenvalue weighted by atomic mass is 32.2. The van der Waals surface area contributed by atoms with E-state index in [1.807, 2.05) is 32.0 Å². The summed E-state index contributed by atoms with van der Waals surface area (Å²) in [6.45, 7) is 5.40. The molecule has 1 amide bonds. The summed E-state index contributed by atoms with van der Waals surface area (Å²) in [6, 6.07) is 7.99. The van der Waals surface area contributed by atoms with Gasteiger partial charge >= 0.3 is 0 Å². The second-order valence-electron chi connectivity index (χ2n) is 6.33. The molecule has 0 aromatic heterocycles. The van der Waals surface area contributed by atoms with Crippen LogP contribution in [0.25, 0.3) is 0 Å². The molecule has 0 saturated heterocycles. The molecule has 1 aliphatic rings. The Morgan fingerprint density at radius 1 is 1.21 bits per heavy atom. The molecule has 134 valence electrons. The summed E-state index contributed by atoms with van der Waals surface area (Å²) in [5.74, 6) is 0.141. The van der Waals surface area contributed by atoms with Gasteiger partial charge in [0.1, 0.15) is 0 Å². The van der Waals surface area contributed by atoms with E-state index < -0.39 is 10.0 Å². The maximum atomic E-state index is 12.5. The number of hydrogen-bond acceptors (Lipinski definition) is 3. The third kappa shape index (κ3) is 4.80. The van der Waals surface area contributed by atoms with Gasteiger partial charge in [0.15, 0.2) is 0 Å². The molecule has 0 aliphatic carbocycles. The van der Waals surface area contributed by atoms with Gasteiger partial charge in [0, 0.05) is 25.6 Å². The van der Waals surface area contributed by atoms with Crippen molar-refractivity contribution >= 4 is 15.9 Å². The number of nitrogens with one attached hydrogen (secondary N) is 1. The summed E-state index contributed by atoms with van der Waals surface area (Å²) in [4.78, 5) is 11.9. The topological polar surface area (TPSA) is 66.5 Å². The largest absolute Gasteiger partial charge is 0.356 e. The van der Waals surface area contributed by atoms with E-state index in [1.54, 1.807) is 4.31 Å². The smallest absolute Gasteiger partial charge is 0.223 e. The van der Waals surface area contributed by atoms with Gasteiger partial charge in [-0.05, 0) is 36.8 Å². The fraction of sp³-hybridized carbons (Fsp3) is 0.611. The Bertz CT molecular complexity index is 654. The molecule has 0 atom stereocenters. The predicted molar refractivity (Wildman–Crippen MR) is 96.0 cm³/mol. The van der Waals surface area contributed by atoms with Crippen LogP contribution in [0.4, 0.5) is 0 Å². The number of fused-ring (bicyclic) bond motifs is 1. The van der Waals surface area contributed by atoms with Crippen molar-refractivity contribution in [3.63, 3.8) is 0 Å². The summed E-state index contributed by atoms with van der Waals surface area (Å²) in [7, 11) is -3.27. The molecule has 0 spiro atoms. The third-order valence-electron chi connectivity index (χ3n) is 4.72. The van der Waals surface area contributed by atoms with E-state index in [0.29, 0.717) is 26.1 Å². The van der Waals surface area contributed by atoms with E-state index in [2.05, 4.69) is 11.4 Å². The van der Waals surface area contributed by atoms with E-state index in [9.17, 15) is 13.2 Å². The molecule has 24 heavy (non-hydrogen) atoms. The zero-order valence-corrected chi connectivity index (χ0v) is 15.4. The molecule has 0 bridgehead atoms. The number of amides is 1. The van der Waals surface area contributed by atoms with Crippen molar-refractivity contribution in [2.75, 3.05) is 18.8 Å². The average molecular weight is 353 g/mol. The number of sulfonamides is 1. The van der Waals surface area contributed by atoms with E-state index in [4.69, 9.17) is 0 Å². The minimum Gasteiger partial charge on any atom is -0.356 e. The molecule has 0 radical (unpaired) electrons. The first kappa shape index (κ1) is 18.9. The minimum absolute atomic E-state index is 0.0280. The van der Waals surface area contributed by atoms with Crippen molar-refractivity contribution < 1.29 is 13.2 Å². The van der Waals surface area contributed by atoms with Gasteiger partial charge in [-0.1, -0.05) is 38.1 Å². The van der Waals surface area contributed by atoms with Crippen LogP contribution in [0.5, 0.6) is 0 Å². The summed E-state index contributed by atoms with van der Waals surface area (Å²) in [6.07, 6.45) is 2.84. The zero-order chi connectivity index (χ0) is 17.6. The van der Waals surface area contributed by atoms with Crippen molar-refractivity contribution in [3.8, 4) is 0 Å². The standard InChI is InChI=1S/C18H28N2O3S/c1-3-15(4-2)18(21)19-11-7-13-24(22,23)20-12-10-16-8-5-6-9-17(16)14-20/h5-6,8-9,15H,3-4,7,10-14H2,1-2H3,(H,19,21). The monoisotopic (exact) mass is 352 g/mol. The molecule has 1 aromatic rings. The molecule has 6 heteroatoms. The van der Waals surface area contributed by atoms with Crippen molar-refractivity contribution in [2.45, 2.75) is 46.1 Å². The average Bonchev–Trinajstić information content (AvgIpc) is 2.59. The van der Waals surface area contributed by atoms with Gasteiger partial charge in [0.2, 0.25) is 15.9 Å². The van der Waals surface area contributed by atoms with Crippen LogP contribution >= 0.6 is 0 Å². The quantitative estimate of drug-likeness (QED) is 0.730. The highest BCUT2D eigenvalue weighted by Gasteiger charge is 2.26. The molecule has 5 nitrogen and oxygen atoms in total. The molecule has 1 N–H and O–H groups in total. The lowest BCUT2D eigenvalue weighted by Crippen LogP contribution is -2.38. The van der Waals surface area contributed by atoms with Gasteiger partial charge in [-0.15, -0.1) is 0 Å². The van der Waals surface area contributed by atoms with Crippen molar-refractivity contribution in [1.29, 1.82) is 0 Å². The highest BCUT2D eigenvalue weighted by Crippen LogP contribution is 2.21. The Morgan fingerprint density at radius 3 is 2.54 bits per heavy atom. The Hall–Kier alpha value is -1.40. The SMILES string of the molecule is CCC(CC)C(=O)NCCCS(=O)(=O)N1CCc2ccccc2C1. The lowest BCUT2D eigenvalue weighted by Gasteiger charge is -2.28. The van der Waals surface area contributed by atoms with E-state index >= 15 is 0 Å². The zero-order valence-electron chi connectivity index (χ0n) is 14.6. The van der Waals surface area contributed by atoms with E-state index in [0.717, 1.165) is 24.8 Å². The molecular formula is C18H28N2O3S. The Balaban J connectivity index is 1.81. The maximum Gasteiger partial charge on any atom is 0.223 e. The lowest BCUT2D eigenvalue weighted by molar-refractivity contribution is -0.125. The summed E-state index contributed by atoms with van der Waals surface area (Å²) >= 11 is 0. The number of carbonyl (C=O) groups excluding carboxylic acids is 1.